The highest BCUT2D eigenvalue weighted by molar-refractivity contribution is 7.90. The van der Waals surface area contributed by atoms with Crippen LogP contribution in [0.4, 0.5) is 22.2 Å². The van der Waals surface area contributed by atoms with E-state index in [0.717, 1.165) is 11.8 Å². The molecule has 12 heteroatoms. The highest BCUT2D eigenvalue weighted by Crippen LogP contribution is 2.45. The van der Waals surface area contributed by atoms with Gasteiger partial charge in [0.05, 0.1) is 6.04 Å². The van der Waals surface area contributed by atoms with Crippen molar-refractivity contribution in [3.63, 3.8) is 0 Å². The standard InChI is InChI=1S/C24H35N5O5SSi/c1-16-13-33-22(30)29(16)19-11-9-10-18(26-19)28-14-24(5,15-34-36(7,8)23(2,3)4)17-12-25-21(27-20(17)28)35(6,31)32/h9-12,16H,13-15H2,1-8H3/t16-,24?/m0/s1. The summed E-state index contributed by atoms with van der Waals surface area (Å²) in [4.78, 5) is 29.1. The number of pyridine rings is 1. The molecular weight excluding hydrogens is 498 g/mol. The van der Waals surface area contributed by atoms with Gasteiger partial charge in [-0.25, -0.2) is 28.2 Å². The van der Waals surface area contributed by atoms with Crippen molar-refractivity contribution in [1.82, 2.24) is 15.0 Å². The predicted octanol–water partition coefficient (Wildman–Crippen LogP) is 4.05. The molecular formula is C24H35N5O5SSi. The van der Waals surface area contributed by atoms with Gasteiger partial charge >= 0.3 is 6.09 Å². The smallest absolute Gasteiger partial charge is 0.415 e. The average Bonchev–Trinajstić information content (AvgIpc) is 3.27. The molecule has 4 rings (SSSR count). The predicted molar refractivity (Wildman–Crippen MR) is 140 cm³/mol. The molecule has 0 bridgehead atoms. The molecule has 2 aromatic rings. The number of anilines is 3. The van der Waals surface area contributed by atoms with Gasteiger partial charge in [-0.05, 0) is 37.2 Å². The summed E-state index contributed by atoms with van der Waals surface area (Å²) in [6, 6.07) is 5.25. The molecule has 2 aliphatic rings. The molecule has 0 spiro atoms. The Hall–Kier alpha value is -2.57. The molecule has 0 N–H and O–H groups in total. The molecule has 36 heavy (non-hydrogen) atoms. The van der Waals surface area contributed by atoms with Gasteiger partial charge in [0.25, 0.3) is 0 Å². The van der Waals surface area contributed by atoms with E-state index in [2.05, 4.69) is 50.8 Å². The van der Waals surface area contributed by atoms with Crippen molar-refractivity contribution >= 4 is 41.7 Å². The lowest BCUT2D eigenvalue weighted by Gasteiger charge is -2.39. The van der Waals surface area contributed by atoms with Crippen LogP contribution < -0.4 is 9.80 Å². The van der Waals surface area contributed by atoms with Gasteiger partial charge in [-0.15, -0.1) is 0 Å². The third-order valence-electron chi connectivity index (χ3n) is 7.38. The summed E-state index contributed by atoms with van der Waals surface area (Å²) in [7, 11) is -5.67. The molecule has 1 unspecified atom stereocenters. The average molecular weight is 534 g/mol. The molecule has 2 atom stereocenters. The Morgan fingerprint density at radius 3 is 2.47 bits per heavy atom. The largest absolute Gasteiger partial charge is 0.447 e. The molecule has 4 heterocycles. The monoisotopic (exact) mass is 533 g/mol. The first-order chi connectivity index (χ1) is 16.5. The molecule has 1 fully saturated rings. The first kappa shape index (κ1) is 26.5. The first-order valence-corrected chi connectivity index (χ1v) is 16.8. The van der Waals surface area contributed by atoms with Gasteiger partial charge in [-0.2, -0.15) is 0 Å². The third kappa shape index (κ3) is 4.73. The lowest BCUT2D eigenvalue weighted by atomic mass is 9.87. The van der Waals surface area contributed by atoms with Gasteiger partial charge in [-0.1, -0.05) is 33.8 Å². The lowest BCUT2D eigenvalue weighted by molar-refractivity contribution is 0.179. The van der Waals surface area contributed by atoms with E-state index < -0.39 is 29.7 Å². The second kappa shape index (κ2) is 8.77. The van der Waals surface area contributed by atoms with Gasteiger partial charge in [0.15, 0.2) is 8.32 Å². The maximum absolute atomic E-state index is 12.3. The minimum atomic E-state index is -3.62. The molecule has 1 amide bonds. The maximum atomic E-state index is 12.3. The summed E-state index contributed by atoms with van der Waals surface area (Å²) in [6.45, 7) is 16.2. The summed E-state index contributed by atoms with van der Waals surface area (Å²) in [6.07, 6.45) is 2.24. The third-order valence-corrected chi connectivity index (χ3v) is 12.7. The number of rotatable bonds is 6. The Labute approximate surface area is 214 Å². The minimum Gasteiger partial charge on any atom is -0.447 e. The molecule has 0 radical (unpaired) electrons. The number of sulfone groups is 1. The number of amides is 1. The summed E-state index contributed by atoms with van der Waals surface area (Å²) in [5, 5.41) is -0.202. The van der Waals surface area contributed by atoms with Crippen LogP contribution in [0.25, 0.3) is 0 Å². The summed E-state index contributed by atoms with van der Waals surface area (Å²) < 4.78 is 36.3. The van der Waals surface area contributed by atoms with Crippen LogP contribution in [-0.4, -0.2) is 69.8 Å². The molecule has 196 valence electrons. The zero-order valence-corrected chi connectivity index (χ0v) is 24.0. The van der Waals surface area contributed by atoms with Crippen LogP contribution in [0.5, 0.6) is 0 Å². The van der Waals surface area contributed by atoms with E-state index in [4.69, 9.17) is 14.1 Å². The number of carbonyl (C=O) groups excluding carboxylic acids is 1. The molecule has 0 aromatic carbocycles. The van der Waals surface area contributed by atoms with Crippen molar-refractivity contribution < 1.29 is 22.4 Å². The van der Waals surface area contributed by atoms with Gasteiger partial charge in [0.2, 0.25) is 15.0 Å². The van der Waals surface area contributed by atoms with E-state index in [1.54, 1.807) is 12.3 Å². The number of hydrogen-bond donors (Lipinski definition) is 0. The fraction of sp³-hybridized carbons (Fsp3) is 0.583. The zero-order valence-electron chi connectivity index (χ0n) is 22.2. The molecule has 10 nitrogen and oxygen atoms in total. The second-order valence-corrected chi connectivity index (χ2v) is 18.2. The minimum absolute atomic E-state index is 0.0397. The van der Waals surface area contributed by atoms with Crippen LogP contribution in [0.3, 0.4) is 0 Å². The zero-order chi connectivity index (χ0) is 26.7. The second-order valence-electron chi connectivity index (χ2n) is 11.5. The van der Waals surface area contributed by atoms with Crippen molar-refractivity contribution in [2.45, 2.75) is 69.4 Å². The van der Waals surface area contributed by atoms with Gasteiger partial charge in [0, 0.05) is 36.6 Å². The van der Waals surface area contributed by atoms with E-state index in [-0.39, 0.29) is 16.2 Å². The van der Waals surface area contributed by atoms with Gasteiger partial charge < -0.3 is 14.1 Å². The Morgan fingerprint density at radius 1 is 1.22 bits per heavy atom. The van der Waals surface area contributed by atoms with E-state index in [1.165, 1.54) is 4.90 Å². The SMILES string of the molecule is C[C@H]1COC(=O)N1c1cccc(N2CC(C)(CO[Si](C)(C)C(C)(C)C)c3cnc(S(C)(=O)=O)nc32)n1. The molecule has 0 saturated carbocycles. The highest BCUT2D eigenvalue weighted by Gasteiger charge is 2.46. The fourth-order valence-electron chi connectivity index (χ4n) is 4.08. The quantitative estimate of drug-likeness (QED) is 0.400. The number of fused-ring (bicyclic) bond motifs is 1. The number of ether oxygens (including phenoxy) is 1. The molecule has 1 saturated heterocycles. The Kier molecular flexibility index (Phi) is 6.45. The number of cyclic esters (lactones) is 1. The van der Waals surface area contributed by atoms with Crippen molar-refractivity contribution in [3.05, 3.63) is 30.0 Å². The number of nitrogens with zero attached hydrogens (tertiary/aromatic N) is 5. The topological polar surface area (TPSA) is 115 Å². The van der Waals surface area contributed by atoms with E-state index in [0.29, 0.717) is 37.2 Å². The van der Waals surface area contributed by atoms with Gasteiger partial charge in [0.1, 0.15) is 24.1 Å². The normalized spacial score (nSPS) is 22.7. The summed E-state index contributed by atoms with van der Waals surface area (Å²) in [5.41, 5.74) is 0.299. The van der Waals surface area contributed by atoms with Crippen LogP contribution in [0, 0.1) is 0 Å². The Morgan fingerprint density at radius 2 is 1.89 bits per heavy atom. The lowest BCUT2D eigenvalue weighted by Crippen LogP contribution is -2.45. The maximum Gasteiger partial charge on any atom is 0.415 e. The Balaban J connectivity index is 1.76. The van der Waals surface area contributed by atoms with Crippen molar-refractivity contribution in [2.24, 2.45) is 0 Å². The summed E-state index contributed by atoms with van der Waals surface area (Å²) in [5.74, 6) is 1.50. The molecule has 2 aromatic heterocycles. The number of hydrogen-bond acceptors (Lipinski definition) is 9. The molecule has 0 aliphatic carbocycles. The van der Waals surface area contributed by atoms with Crippen molar-refractivity contribution in [2.75, 3.05) is 35.8 Å². The number of carbonyl (C=O) groups is 1. The fourth-order valence-corrected chi connectivity index (χ4v) is 5.69. The van der Waals surface area contributed by atoms with Crippen LogP contribution in [-0.2, 0) is 24.4 Å². The number of aromatic nitrogens is 3. The van der Waals surface area contributed by atoms with E-state index >= 15 is 0 Å². The Bertz CT molecular complexity index is 1300. The van der Waals surface area contributed by atoms with Crippen molar-refractivity contribution in [3.8, 4) is 0 Å². The summed E-state index contributed by atoms with van der Waals surface area (Å²) >= 11 is 0. The van der Waals surface area contributed by atoms with Crippen LogP contribution in [0.1, 0.15) is 40.2 Å². The molecule has 2 aliphatic heterocycles. The van der Waals surface area contributed by atoms with E-state index in [1.807, 2.05) is 24.0 Å². The van der Waals surface area contributed by atoms with Crippen LogP contribution in [0.15, 0.2) is 29.6 Å². The van der Waals surface area contributed by atoms with Crippen molar-refractivity contribution in [1.29, 1.82) is 0 Å². The first-order valence-electron chi connectivity index (χ1n) is 12.0. The van der Waals surface area contributed by atoms with E-state index in [9.17, 15) is 13.2 Å². The van der Waals surface area contributed by atoms with Gasteiger partial charge in [-0.3, -0.25) is 4.90 Å². The van der Waals surface area contributed by atoms with Crippen LogP contribution in [0.2, 0.25) is 18.1 Å². The van der Waals surface area contributed by atoms with Crippen LogP contribution >= 0.6 is 0 Å². The highest BCUT2D eigenvalue weighted by atomic mass is 32.2.